The molecule has 0 atom stereocenters. The van der Waals surface area contributed by atoms with Gasteiger partial charge in [0.15, 0.2) is 0 Å². The van der Waals surface area contributed by atoms with E-state index in [0.717, 1.165) is 6.07 Å². The molecule has 0 unspecified atom stereocenters. The Morgan fingerprint density at radius 3 is 2.48 bits per heavy atom. The van der Waals surface area contributed by atoms with Crippen LogP contribution in [-0.4, -0.2) is 13.5 Å². The van der Waals surface area contributed by atoms with Crippen LogP contribution in [0.3, 0.4) is 0 Å². The second-order valence-electron chi connectivity index (χ2n) is 4.12. The predicted molar refractivity (Wildman–Crippen MR) is 77.2 cm³/mol. The molecule has 0 spiro atoms. The summed E-state index contributed by atoms with van der Waals surface area (Å²) in [6, 6.07) is 7.48. The smallest absolute Gasteiger partial charge is 0.265 e. The van der Waals surface area contributed by atoms with Crippen LogP contribution in [0.1, 0.15) is 5.56 Å². The normalized spacial score (nSPS) is 11.4. The Hall–Kier alpha value is -1.51. The summed E-state index contributed by atoms with van der Waals surface area (Å²) in [5, 5.41) is 9.16. The fourth-order valence-electron chi connectivity index (χ4n) is 1.74. The number of halogens is 3. The molecule has 0 aliphatic heterocycles. The first-order valence-electron chi connectivity index (χ1n) is 5.71. The molecule has 21 heavy (non-hydrogen) atoms. The molecule has 8 heteroatoms. The van der Waals surface area contributed by atoms with Crippen LogP contribution in [0.15, 0.2) is 45.8 Å². The summed E-state index contributed by atoms with van der Waals surface area (Å²) in [4.78, 5) is -0.698. The Labute approximate surface area is 128 Å². The highest BCUT2D eigenvalue weighted by Gasteiger charge is 2.24. The van der Waals surface area contributed by atoms with Gasteiger partial charge in [0.1, 0.15) is 16.5 Å². The molecule has 0 radical (unpaired) electrons. The summed E-state index contributed by atoms with van der Waals surface area (Å²) in [5.74, 6) is -2.11. The Kier molecular flexibility index (Phi) is 4.60. The lowest BCUT2D eigenvalue weighted by atomic mass is 10.2. The number of para-hydroxylation sites is 1. The number of aliphatic hydroxyl groups excluding tert-OH is 1. The average Bonchev–Trinajstić information content (AvgIpc) is 2.37. The first-order chi connectivity index (χ1) is 9.85. The summed E-state index contributed by atoms with van der Waals surface area (Å²) in [6.07, 6.45) is 0. The van der Waals surface area contributed by atoms with Gasteiger partial charge in [-0.05, 0) is 28.1 Å². The van der Waals surface area contributed by atoms with Crippen LogP contribution in [-0.2, 0) is 16.6 Å². The zero-order valence-corrected chi connectivity index (χ0v) is 12.9. The Morgan fingerprint density at radius 1 is 1.19 bits per heavy atom. The van der Waals surface area contributed by atoms with Gasteiger partial charge < -0.3 is 5.11 Å². The van der Waals surface area contributed by atoms with Gasteiger partial charge in [-0.25, -0.2) is 17.2 Å². The van der Waals surface area contributed by atoms with Crippen molar-refractivity contribution < 1.29 is 22.3 Å². The van der Waals surface area contributed by atoms with Crippen molar-refractivity contribution in [1.29, 1.82) is 0 Å². The maximum absolute atomic E-state index is 13.8. The molecule has 0 aliphatic carbocycles. The van der Waals surface area contributed by atoms with Gasteiger partial charge in [0.05, 0.1) is 12.3 Å². The second-order valence-corrected chi connectivity index (χ2v) is 6.59. The number of benzene rings is 2. The van der Waals surface area contributed by atoms with E-state index < -0.39 is 26.6 Å². The minimum Gasteiger partial charge on any atom is -0.392 e. The summed E-state index contributed by atoms with van der Waals surface area (Å²) in [5.41, 5.74) is 0.454. The molecule has 0 saturated heterocycles. The summed E-state index contributed by atoms with van der Waals surface area (Å²) >= 11 is 2.83. The van der Waals surface area contributed by atoms with Gasteiger partial charge in [-0.1, -0.05) is 18.2 Å². The molecule has 112 valence electrons. The van der Waals surface area contributed by atoms with Crippen LogP contribution in [0.5, 0.6) is 0 Å². The SMILES string of the molecule is O=S(=O)(Nc1ccccc1CO)c1c(F)cc(F)cc1Br. The van der Waals surface area contributed by atoms with Crippen molar-refractivity contribution >= 4 is 31.6 Å². The van der Waals surface area contributed by atoms with E-state index in [9.17, 15) is 17.2 Å². The highest BCUT2D eigenvalue weighted by molar-refractivity contribution is 9.10. The summed E-state index contributed by atoms with van der Waals surface area (Å²) in [6.45, 7) is -0.383. The van der Waals surface area contributed by atoms with E-state index in [4.69, 9.17) is 5.11 Å². The van der Waals surface area contributed by atoms with E-state index in [1.165, 1.54) is 12.1 Å². The molecule has 2 rings (SSSR count). The zero-order valence-electron chi connectivity index (χ0n) is 10.5. The molecule has 0 aliphatic rings. The number of rotatable bonds is 4. The van der Waals surface area contributed by atoms with E-state index >= 15 is 0 Å². The maximum Gasteiger partial charge on any atom is 0.265 e. The molecule has 2 aromatic carbocycles. The maximum atomic E-state index is 13.8. The number of sulfonamides is 1. The van der Waals surface area contributed by atoms with Gasteiger partial charge in [0, 0.05) is 16.1 Å². The molecular formula is C13H10BrF2NO3S. The van der Waals surface area contributed by atoms with Crippen LogP contribution in [0.4, 0.5) is 14.5 Å². The van der Waals surface area contributed by atoms with Gasteiger partial charge in [-0.2, -0.15) is 0 Å². The Morgan fingerprint density at radius 2 is 1.86 bits per heavy atom. The third-order valence-electron chi connectivity index (χ3n) is 2.66. The van der Waals surface area contributed by atoms with Crippen LogP contribution >= 0.6 is 15.9 Å². The lowest BCUT2D eigenvalue weighted by Gasteiger charge is -2.13. The Bertz CT molecular complexity index is 758. The fraction of sp³-hybridized carbons (Fsp3) is 0.0769. The van der Waals surface area contributed by atoms with Gasteiger partial charge >= 0.3 is 0 Å². The lowest BCUT2D eigenvalue weighted by molar-refractivity contribution is 0.282. The number of aliphatic hydroxyl groups is 1. The zero-order chi connectivity index (χ0) is 15.6. The van der Waals surface area contributed by atoms with Crippen molar-refractivity contribution in [2.75, 3.05) is 4.72 Å². The van der Waals surface area contributed by atoms with Crippen molar-refractivity contribution in [2.45, 2.75) is 11.5 Å². The number of anilines is 1. The van der Waals surface area contributed by atoms with E-state index in [1.807, 2.05) is 0 Å². The minimum atomic E-state index is -4.27. The molecule has 0 fully saturated rings. The van der Waals surface area contributed by atoms with Gasteiger partial charge in [0.25, 0.3) is 10.0 Å². The van der Waals surface area contributed by atoms with Crippen molar-refractivity contribution in [3.63, 3.8) is 0 Å². The van der Waals surface area contributed by atoms with Gasteiger partial charge in [-0.15, -0.1) is 0 Å². The number of nitrogens with one attached hydrogen (secondary N) is 1. The third-order valence-corrected chi connectivity index (χ3v) is 4.99. The molecule has 0 bridgehead atoms. The largest absolute Gasteiger partial charge is 0.392 e. The Balaban J connectivity index is 2.49. The molecule has 0 saturated carbocycles. The van der Waals surface area contributed by atoms with Crippen LogP contribution in [0.25, 0.3) is 0 Å². The van der Waals surface area contributed by atoms with Crippen LogP contribution in [0, 0.1) is 11.6 Å². The van der Waals surface area contributed by atoms with Gasteiger partial charge in [-0.3, -0.25) is 4.72 Å². The van der Waals surface area contributed by atoms with Crippen LogP contribution < -0.4 is 4.72 Å². The first-order valence-corrected chi connectivity index (χ1v) is 7.99. The molecule has 0 aromatic heterocycles. The first kappa shape index (κ1) is 15.9. The van der Waals surface area contributed by atoms with Crippen molar-refractivity contribution in [1.82, 2.24) is 0 Å². The van der Waals surface area contributed by atoms with Crippen molar-refractivity contribution in [3.8, 4) is 0 Å². The highest BCUT2D eigenvalue weighted by atomic mass is 79.9. The van der Waals surface area contributed by atoms with Crippen molar-refractivity contribution in [3.05, 3.63) is 58.1 Å². The van der Waals surface area contributed by atoms with E-state index in [2.05, 4.69) is 20.7 Å². The monoisotopic (exact) mass is 377 g/mol. The topological polar surface area (TPSA) is 66.4 Å². The van der Waals surface area contributed by atoms with Crippen LogP contribution in [0.2, 0.25) is 0 Å². The number of hydrogen-bond acceptors (Lipinski definition) is 3. The molecule has 2 N–H and O–H groups in total. The van der Waals surface area contributed by atoms with Gasteiger partial charge in [0.2, 0.25) is 0 Å². The molecule has 0 heterocycles. The predicted octanol–water partition coefficient (Wildman–Crippen LogP) is 3.02. The highest BCUT2D eigenvalue weighted by Crippen LogP contribution is 2.28. The second kappa shape index (κ2) is 6.08. The molecular weight excluding hydrogens is 368 g/mol. The minimum absolute atomic E-state index is 0.121. The van der Waals surface area contributed by atoms with E-state index in [1.54, 1.807) is 12.1 Å². The molecule has 4 nitrogen and oxygen atoms in total. The standard InChI is InChI=1S/C13H10BrF2NO3S/c14-10-5-9(15)6-11(16)13(10)21(19,20)17-12-4-2-1-3-8(12)7-18/h1-6,17-18H,7H2. The quantitative estimate of drug-likeness (QED) is 0.860. The average molecular weight is 378 g/mol. The van der Waals surface area contributed by atoms with E-state index in [-0.39, 0.29) is 16.8 Å². The molecule has 0 amide bonds. The van der Waals surface area contributed by atoms with Crippen molar-refractivity contribution in [2.24, 2.45) is 0 Å². The third kappa shape index (κ3) is 3.39. The lowest BCUT2D eigenvalue weighted by Crippen LogP contribution is -2.16. The fourth-order valence-corrected chi connectivity index (χ4v) is 4.01. The number of hydrogen-bond donors (Lipinski definition) is 2. The summed E-state index contributed by atoms with van der Waals surface area (Å²) < 4.78 is 53.2. The summed E-state index contributed by atoms with van der Waals surface area (Å²) in [7, 11) is -4.27. The molecule has 2 aromatic rings. The van der Waals surface area contributed by atoms with E-state index in [0.29, 0.717) is 11.6 Å².